The van der Waals surface area contributed by atoms with Crippen molar-refractivity contribution in [2.75, 3.05) is 59.9 Å². The maximum atomic E-state index is 3.67. The molecule has 106 valence electrons. The summed E-state index contributed by atoms with van der Waals surface area (Å²) in [5.41, 5.74) is 0. The summed E-state index contributed by atoms with van der Waals surface area (Å²) in [5, 5.41) is 7.22. The fourth-order valence-corrected chi connectivity index (χ4v) is 3.02. The fourth-order valence-electron chi connectivity index (χ4n) is 3.02. The van der Waals surface area contributed by atoms with E-state index in [0.29, 0.717) is 0 Å². The van der Waals surface area contributed by atoms with Crippen LogP contribution in [0, 0.1) is 5.92 Å². The minimum Gasteiger partial charge on any atom is -0.315 e. The predicted molar refractivity (Wildman–Crippen MR) is 77.0 cm³/mol. The summed E-state index contributed by atoms with van der Waals surface area (Å²) in [4.78, 5) is 4.82. The highest BCUT2D eigenvalue weighted by molar-refractivity contribution is 4.78. The van der Waals surface area contributed by atoms with Crippen LogP contribution in [-0.4, -0.2) is 75.8 Å². The number of piperidine rings is 1. The Morgan fingerprint density at radius 2 is 1.67 bits per heavy atom. The molecule has 0 unspecified atom stereocenters. The predicted octanol–water partition coefficient (Wildman–Crippen LogP) is 0.212. The van der Waals surface area contributed by atoms with E-state index in [9.17, 15) is 0 Å². The van der Waals surface area contributed by atoms with E-state index in [4.69, 9.17) is 0 Å². The quantitative estimate of drug-likeness (QED) is 0.636. The highest BCUT2D eigenvalue weighted by Gasteiger charge is 2.21. The zero-order valence-corrected chi connectivity index (χ0v) is 12.1. The molecule has 2 aliphatic heterocycles. The number of hydrogen-bond donors (Lipinski definition) is 2. The molecule has 2 saturated heterocycles. The maximum Gasteiger partial charge on any atom is 0.00919 e. The second-order valence-electron chi connectivity index (χ2n) is 6.16. The number of likely N-dealkylation sites (tertiary alicyclic amines) is 2. The van der Waals surface area contributed by atoms with Crippen LogP contribution in [-0.2, 0) is 0 Å². The van der Waals surface area contributed by atoms with Crippen molar-refractivity contribution in [1.29, 1.82) is 0 Å². The van der Waals surface area contributed by atoms with E-state index in [2.05, 4.69) is 34.5 Å². The lowest BCUT2D eigenvalue weighted by atomic mass is 9.97. The summed E-state index contributed by atoms with van der Waals surface area (Å²) in [7, 11) is 4.42. The highest BCUT2D eigenvalue weighted by atomic mass is 15.2. The first-order valence-corrected chi connectivity index (χ1v) is 7.55. The Morgan fingerprint density at radius 3 is 2.33 bits per heavy atom. The molecule has 2 fully saturated rings. The molecule has 2 aliphatic rings. The van der Waals surface area contributed by atoms with E-state index in [1.54, 1.807) is 0 Å². The lowest BCUT2D eigenvalue weighted by Gasteiger charge is -2.36. The molecule has 4 nitrogen and oxygen atoms in total. The van der Waals surface area contributed by atoms with Gasteiger partial charge in [0.2, 0.25) is 0 Å². The van der Waals surface area contributed by atoms with E-state index in [1.807, 2.05) is 0 Å². The van der Waals surface area contributed by atoms with Crippen molar-refractivity contribution in [3.8, 4) is 0 Å². The van der Waals surface area contributed by atoms with Crippen LogP contribution in [0.25, 0.3) is 0 Å². The van der Waals surface area contributed by atoms with Crippen LogP contribution < -0.4 is 10.6 Å². The molecular formula is C14H30N4. The van der Waals surface area contributed by atoms with E-state index in [1.165, 1.54) is 52.0 Å². The van der Waals surface area contributed by atoms with Crippen molar-refractivity contribution in [1.82, 2.24) is 20.4 Å². The van der Waals surface area contributed by atoms with Crippen LogP contribution in [0.15, 0.2) is 0 Å². The van der Waals surface area contributed by atoms with Crippen molar-refractivity contribution >= 4 is 0 Å². The molecule has 0 aromatic heterocycles. The van der Waals surface area contributed by atoms with Crippen molar-refractivity contribution in [3.63, 3.8) is 0 Å². The second-order valence-corrected chi connectivity index (χ2v) is 6.16. The van der Waals surface area contributed by atoms with Gasteiger partial charge in [0.05, 0.1) is 0 Å². The molecule has 4 heteroatoms. The first-order valence-electron chi connectivity index (χ1n) is 7.55. The zero-order valence-electron chi connectivity index (χ0n) is 12.1. The van der Waals surface area contributed by atoms with E-state index < -0.39 is 0 Å². The van der Waals surface area contributed by atoms with Gasteiger partial charge < -0.3 is 20.4 Å². The van der Waals surface area contributed by atoms with Gasteiger partial charge in [-0.2, -0.15) is 0 Å². The smallest absolute Gasteiger partial charge is 0.00919 e. The average molecular weight is 254 g/mol. The van der Waals surface area contributed by atoms with Crippen LogP contribution in [0.3, 0.4) is 0 Å². The fraction of sp³-hybridized carbons (Fsp3) is 1.00. The van der Waals surface area contributed by atoms with Gasteiger partial charge in [0.25, 0.3) is 0 Å². The van der Waals surface area contributed by atoms with Gasteiger partial charge in [-0.05, 0) is 58.9 Å². The van der Waals surface area contributed by atoms with Crippen LogP contribution in [0.4, 0.5) is 0 Å². The summed E-state index contributed by atoms with van der Waals surface area (Å²) in [6.45, 7) is 8.53. The standard InChI is InChI=1S/C14H30N4/c1-17-9-4-14(5-10-17)16-8-7-15-6-3-13-11-18(2)12-13/h13-16H,3-12H2,1-2H3. The summed E-state index contributed by atoms with van der Waals surface area (Å²) in [6.07, 6.45) is 3.97. The Hall–Kier alpha value is -0.160. The average Bonchev–Trinajstić information content (AvgIpc) is 2.33. The van der Waals surface area contributed by atoms with Gasteiger partial charge in [0.15, 0.2) is 0 Å². The third kappa shape index (κ3) is 4.84. The summed E-state index contributed by atoms with van der Waals surface area (Å²) in [6, 6.07) is 0.753. The molecule has 0 aromatic carbocycles. The van der Waals surface area contributed by atoms with E-state index in [-0.39, 0.29) is 0 Å². The summed E-state index contributed by atoms with van der Waals surface area (Å²) < 4.78 is 0. The van der Waals surface area contributed by atoms with Gasteiger partial charge in [-0.25, -0.2) is 0 Å². The molecule has 0 spiro atoms. The van der Waals surface area contributed by atoms with Gasteiger partial charge >= 0.3 is 0 Å². The van der Waals surface area contributed by atoms with E-state index in [0.717, 1.165) is 25.0 Å². The highest BCUT2D eigenvalue weighted by Crippen LogP contribution is 2.15. The Bertz CT molecular complexity index is 220. The Labute approximate surface area is 112 Å². The van der Waals surface area contributed by atoms with Crippen LogP contribution in [0.2, 0.25) is 0 Å². The van der Waals surface area contributed by atoms with Crippen LogP contribution in [0.5, 0.6) is 0 Å². The Kier molecular flexibility index (Phi) is 5.89. The topological polar surface area (TPSA) is 30.5 Å². The third-order valence-corrected chi connectivity index (χ3v) is 4.32. The zero-order chi connectivity index (χ0) is 12.8. The van der Waals surface area contributed by atoms with Gasteiger partial charge in [0, 0.05) is 32.2 Å². The number of nitrogens with zero attached hydrogens (tertiary/aromatic N) is 2. The van der Waals surface area contributed by atoms with Gasteiger partial charge in [0.1, 0.15) is 0 Å². The molecule has 2 N–H and O–H groups in total. The van der Waals surface area contributed by atoms with Gasteiger partial charge in [-0.3, -0.25) is 0 Å². The molecular weight excluding hydrogens is 224 g/mol. The van der Waals surface area contributed by atoms with Crippen LogP contribution in [0.1, 0.15) is 19.3 Å². The lowest BCUT2D eigenvalue weighted by Crippen LogP contribution is -2.45. The van der Waals surface area contributed by atoms with Gasteiger partial charge in [-0.1, -0.05) is 0 Å². The lowest BCUT2D eigenvalue weighted by molar-refractivity contribution is 0.127. The summed E-state index contributed by atoms with van der Waals surface area (Å²) >= 11 is 0. The van der Waals surface area contributed by atoms with Crippen molar-refractivity contribution in [2.45, 2.75) is 25.3 Å². The van der Waals surface area contributed by atoms with Crippen LogP contribution >= 0.6 is 0 Å². The monoisotopic (exact) mass is 254 g/mol. The largest absolute Gasteiger partial charge is 0.315 e. The molecule has 2 rings (SSSR count). The second kappa shape index (κ2) is 7.43. The molecule has 0 bridgehead atoms. The Morgan fingerprint density at radius 1 is 0.944 bits per heavy atom. The number of hydrogen-bond acceptors (Lipinski definition) is 4. The molecule has 0 aromatic rings. The third-order valence-electron chi connectivity index (χ3n) is 4.32. The van der Waals surface area contributed by atoms with Crippen molar-refractivity contribution in [2.24, 2.45) is 5.92 Å². The van der Waals surface area contributed by atoms with Crippen molar-refractivity contribution < 1.29 is 0 Å². The van der Waals surface area contributed by atoms with Crippen molar-refractivity contribution in [3.05, 3.63) is 0 Å². The molecule has 18 heavy (non-hydrogen) atoms. The molecule has 0 atom stereocenters. The molecule has 2 heterocycles. The molecule has 0 saturated carbocycles. The molecule has 0 amide bonds. The normalized spacial score (nSPS) is 24.3. The minimum absolute atomic E-state index is 0.753. The molecule has 0 aliphatic carbocycles. The minimum atomic E-state index is 0.753. The van der Waals surface area contributed by atoms with E-state index >= 15 is 0 Å². The first kappa shape index (κ1) is 14.3. The maximum absolute atomic E-state index is 3.67. The van der Waals surface area contributed by atoms with Gasteiger partial charge in [-0.15, -0.1) is 0 Å². The number of nitrogens with one attached hydrogen (secondary N) is 2. The first-order chi connectivity index (χ1) is 8.74. The molecule has 0 radical (unpaired) electrons. The SMILES string of the molecule is CN1CCC(NCCNCCC2CN(C)C2)CC1. The Balaban J connectivity index is 1.37. The number of rotatable bonds is 7. The summed E-state index contributed by atoms with van der Waals surface area (Å²) in [5.74, 6) is 0.948.